The van der Waals surface area contributed by atoms with Crippen LogP contribution in [0.5, 0.6) is 0 Å². The maximum absolute atomic E-state index is 12.1. The fourth-order valence-corrected chi connectivity index (χ4v) is 1.51. The van der Waals surface area contributed by atoms with Crippen molar-refractivity contribution in [3.05, 3.63) is 0 Å². The molecule has 8 heteroatoms. The minimum Gasteiger partial charge on any atom is -0.359 e. The normalized spacial score (nSPS) is 31.5. The molecule has 2 atom stereocenters. The predicted molar refractivity (Wildman–Crippen MR) is 56.5 cm³/mol. The highest BCUT2D eigenvalue weighted by molar-refractivity contribution is 6.03. The summed E-state index contributed by atoms with van der Waals surface area (Å²) in [5.41, 5.74) is -1.03. The summed E-state index contributed by atoms with van der Waals surface area (Å²) in [4.78, 5) is 37.1. The zero-order valence-corrected chi connectivity index (χ0v) is 9.76. The molecule has 2 unspecified atom stereocenters. The molecule has 2 rings (SSSR count). The van der Waals surface area contributed by atoms with E-state index in [-0.39, 0.29) is 6.10 Å². The number of urea groups is 1. The van der Waals surface area contributed by atoms with Crippen molar-refractivity contribution in [3.63, 3.8) is 0 Å². The third-order valence-electron chi connectivity index (χ3n) is 2.52. The Hall–Kier alpha value is -1.67. The average molecular weight is 242 g/mol. The molecule has 0 aromatic carbocycles. The van der Waals surface area contributed by atoms with Crippen molar-refractivity contribution in [3.8, 4) is 0 Å². The molecule has 0 aromatic heterocycles. The Kier molecular flexibility index (Phi) is 2.76. The van der Waals surface area contributed by atoms with Gasteiger partial charge in [0.1, 0.15) is 0 Å². The van der Waals surface area contributed by atoms with Gasteiger partial charge in [0.25, 0.3) is 5.91 Å². The van der Waals surface area contributed by atoms with Crippen molar-refractivity contribution in [1.82, 2.24) is 15.7 Å². The lowest BCUT2D eigenvalue weighted by Crippen LogP contribution is -2.70. The van der Waals surface area contributed by atoms with Crippen molar-refractivity contribution in [2.75, 3.05) is 0 Å². The zero-order chi connectivity index (χ0) is 12.6. The molecule has 0 bridgehead atoms. The van der Waals surface area contributed by atoms with E-state index in [4.69, 9.17) is 9.88 Å². The molecule has 2 aliphatic heterocycles. The topological polar surface area (TPSA) is 92.3 Å². The number of fused-ring (bicyclic) bond motifs is 1. The van der Waals surface area contributed by atoms with E-state index in [1.807, 2.05) is 0 Å². The van der Waals surface area contributed by atoms with Gasteiger partial charge >= 0.3 is 6.03 Å². The molecule has 3 amide bonds. The van der Waals surface area contributed by atoms with Gasteiger partial charge in [-0.15, -0.1) is 0 Å². The van der Waals surface area contributed by atoms with Crippen molar-refractivity contribution in [2.45, 2.75) is 38.6 Å². The Balaban J connectivity index is 2.13. The number of carbonyl (C=O) groups excluding carboxylic acids is 2. The second-order valence-electron chi connectivity index (χ2n) is 4.30. The van der Waals surface area contributed by atoms with Crippen LogP contribution < -0.4 is 10.6 Å². The van der Waals surface area contributed by atoms with Gasteiger partial charge in [0.2, 0.25) is 0 Å². The lowest BCUT2D eigenvalue weighted by molar-refractivity contribution is -0.409. The first-order valence-corrected chi connectivity index (χ1v) is 5.23. The van der Waals surface area contributed by atoms with Crippen molar-refractivity contribution >= 4 is 18.3 Å². The van der Waals surface area contributed by atoms with Crippen LogP contribution in [0.25, 0.3) is 0 Å². The number of imide groups is 1. The third-order valence-corrected chi connectivity index (χ3v) is 2.52. The molecule has 0 saturated carbocycles. The van der Waals surface area contributed by atoms with Crippen LogP contribution in [0.3, 0.4) is 0 Å². The van der Waals surface area contributed by atoms with Gasteiger partial charge in [0, 0.05) is 0 Å². The SMILES string of the molecule is CC(C)OON1C(=O)NC2N=CNC2(C)C1=O. The molecular weight excluding hydrogens is 228 g/mol. The molecule has 1 saturated heterocycles. The Bertz CT molecular complexity index is 383. The number of hydrogen-bond acceptors (Lipinski definition) is 6. The lowest BCUT2D eigenvalue weighted by Gasteiger charge is -2.37. The van der Waals surface area contributed by atoms with E-state index in [0.717, 1.165) is 0 Å². The van der Waals surface area contributed by atoms with Crippen molar-refractivity contribution in [2.24, 2.45) is 4.99 Å². The van der Waals surface area contributed by atoms with Gasteiger partial charge in [-0.25, -0.2) is 14.7 Å². The number of nitrogens with zero attached hydrogens (tertiary/aromatic N) is 2. The quantitative estimate of drug-likeness (QED) is 0.515. The highest BCUT2D eigenvalue weighted by Crippen LogP contribution is 2.23. The van der Waals surface area contributed by atoms with Crippen molar-refractivity contribution < 1.29 is 19.5 Å². The molecule has 2 aliphatic rings. The molecule has 94 valence electrons. The van der Waals surface area contributed by atoms with Crippen LogP contribution in [0.4, 0.5) is 4.79 Å². The van der Waals surface area contributed by atoms with Crippen LogP contribution in [-0.2, 0) is 14.7 Å². The van der Waals surface area contributed by atoms with Crippen LogP contribution in [0, 0.1) is 0 Å². The van der Waals surface area contributed by atoms with E-state index in [1.54, 1.807) is 20.8 Å². The maximum atomic E-state index is 12.1. The first kappa shape index (κ1) is 11.8. The number of carbonyl (C=O) groups is 2. The van der Waals surface area contributed by atoms with Gasteiger partial charge in [-0.2, -0.15) is 0 Å². The number of aliphatic imine (C=N–C) groups is 1. The van der Waals surface area contributed by atoms with Gasteiger partial charge < -0.3 is 10.6 Å². The first-order valence-electron chi connectivity index (χ1n) is 5.23. The third kappa shape index (κ3) is 1.85. The van der Waals surface area contributed by atoms with Crippen LogP contribution in [0.1, 0.15) is 20.8 Å². The second kappa shape index (κ2) is 3.97. The van der Waals surface area contributed by atoms with Gasteiger partial charge in [-0.3, -0.25) is 4.79 Å². The summed E-state index contributed by atoms with van der Waals surface area (Å²) in [6.45, 7) is 5.06. The Morgan fingerprint density at radius 2 is 2.24 bits per heavy atom. The molecule has 0 aliphatic carbocycles. The first-order chi connectivity index (χ1) is 7.95. The molecule has 0 aromatic rings. The van der Waals surface area contributed by atoms with Gasteiger partial charge in [0.05, 0.1) is 12.4 Å². The van der Waals surface area contributed by atoms with Gasteiger partial charge in [-0.05, 0) is 20.8 Å². The number of amides is 3. The van der Waals surface area contributed by atoms with E-state index < -0.39 is 23.6 Å². The number of hydrogen-bond donors (Lipinski definition) is 2. The standard InChI is InChI=1S/C9H14N4O4/c1-5(2)16-17-13-7(14)9(3)6(10-4-11-9)12-8(13)15/h4-6H,1-3H3,(H,10,11)(H,12,15). The molecule has 2 heterocycles. The van der Waals surface area contributed by atoms with E-state index >= 15 is 0 Å². The average Bonchev–Trinajstić information content (AvgIpc) is 2.61. The Morgan fingerprint density at radius 3 is 2.88 bits per heavy atom. The van der Waals surface area contributed by atoms with E-state index in [0.29, 0.717) is 5.06 Å². The minimum absolute atomic E-state index is 0.270. The summed E-state index contributed by atoms with van der Waals surface area (Å²) in [6, 6.07) is -0.695. The maximum Gasteiger partial charge on any atom is 0.353 e. The number of hydroxylamine groups is 2. The summed E-state index contributed by atoms with van der Waals surface area (Å²) >= 11 is 0. The molecule has 2 N–H and O–H groups in total. The summed E-state index contributed by atoms with van der Waals surface area (Å²) < 4.78 is 0. The smallest absolute Gasteiger partial charge is 0.353 e. The van der Waals surface area contributed by atoms with E-state index in [9.17, 15) is 9.59 Å². The van der Waals surface area contributed by atoms with Crippen LogP contribution >= 0.6 is 0 Å². The summed E-state index contributed by atoms with van der Waals surface area (Å²) in [6.07, 6.45) is 0.491. The monoisotopic (exact) mass is 242 g/mol. The molecule has 17 heavy (non-hydrogen) atoms. The van der Waals surface area contributed by atoms with Gasteiger partial charge in [-0.1, -0.05) is 10.1 Å². The van der Waals surface area contributed by atoms with Crippen LogP contribution in [0.15, 0.2) is 4.99 Å². The van der Waals surface area contributed by atoms with E-state index in [2.05, 4.69) is 15.6 Å². The van der Waals surface area contributed by atoms with Gasteiger partial charge in [0.15, 0.2) is 11.7 Å². The zero-order valence-electron chi connectivity index (χ0n) is 9.76. The highest BCUT2D eigenvalue weighted by atomic mass is 17.3. The second-order valence-corrected chi connectivity index (χ2v) is 4.30. The minimum atomic E-state index is -1.03. The summed E-state index contributed by atoms with van der Waals surface area (Å²) in [5.74, 6) is -0.551. The largest absolute Gasteiger partial charge is 0.359 e. The molecule has 1 fully saturated rings. The number of rotatable bonds is 3. The molecule has 8 nitrogen and oxygen atoms in total. The summed E-state index contributed by atoms with van der Waals surface area (Å²) in [7, 11) is 0. The molecule has 0 radical (unpaired) electrons. The fraction of sp³-hybridized carbons (Fsp3) is 0.667. The van der Waals surface area contributed by atoms with Crippen molar-refractivity contribution in [1.29, 1.82) is 0 Å². The lowest BCUT2D eigenvalue weighted by atomic mass is 9.97. The summed E-state index contributed by atoms with van der Waals surface area (Å²) in [5, 5.41) is 5.87. The molecular formula is C9H14N4O4. The Morgan fingerprint density at radius 1 is 1.53 bits per heavy atom. The molecule has 0 spiro atoms. The Labute approximate surface area is 97.8 Å². The predicted octanol–water partition coefficient (Wildman–Crippen LogP) is -0.474. The van der Waals surface area contributed by atoms with Crippen LogP contribution in [-0.4, -0.2) is 41.1 Å². The number of nitrogens with one attached hydrogen (secondary N) is 2. The van der Waals surface area contributed by atoms with E-state index in [1.165, 1.54) is 6.34 Å². The fourth-order valence-electron chi connectivity index (χ4n) is 1.51. The highest BCUT2D eigenvalue weighted by Gasteiger charge is 2.54. The van der Waals surface area contributed by atoms with Crippen LogP contribution in [0.2, 0.25) is 0 Å².